The zero-order chi connectivity index (χ0) is 15.0. The molecule has 0 bridgehead atoms. The van der Waals surface area contributed by atoms with Gasteiger partial charge in [-0.05, 0) is 30.7 Å². The molecule has 0 atom stereocenters. The van der Waals surface area contributed by atoms with Gasteiger partial charge in [0, 0.05) is 32.1 Å². The molecule has 0 saturated carbocycles. The second kappa shape index (κ2) is 8.19. The number of nitrogens with zero attached hydrogens (tertiary/aromatic N) is 1. The molecule has 0 heterocycles. The van der Waals surface area contributed by atoms with Gasteiger partial charge in [0.1, 0.15) is 5.75 Å². The summed E-state index contributed by atoms with van der Waals surface area (Å²) in [7, 11) is 1.59. The number of anilines is 1. The second-order valence-electron chi connectivity index (χ2n) is 4.47. The van der Waals surface area contributed by atoms with Crippen molar-refractivity contribution in [3.63, 3.8) is 0 Å². The van der Waals surface area contributed by atoms with Crippen LogP contribution in [0, 0.1) is 0 Å². The molecule has 2 amide bonds. The first-order valence-electron chi connectivity index (χ1n) is 6.77. The number of rotatable bonds is 7. The molecule has 0 aromatic heterocycles. The average Bonchev–Trinajstić information content (AvgIpc) is 2.45. The largest absolute Gasteiger partial charge is 0.497 e. The molecule has 0 unspecified atom stereocenters. The highest BCUT2D eigenvalue weighted by molar-refractivity contribution is 5.92. The van der Waals surface area contributed by atoms with Crippen LogP contribution < -0.4 is 15.0 Å². The Morgan fingerprint density at radius 3 is 2.40 bits per heavy atom. The molecule has 0 spiro atoms. The standard InChI is InChI=1S/C15H22N2O3/c1-4-10-16-15(19)9-11-17(12(2)18)13-5-7-14(20-3)8-6-13/h5-8H,4,9-11H2,1-3H3,(H,16,19). The van der Waals surface area contributed by atoms with E-state index in [1.54, 1.807) is 24.1 Å². The summed E-state index contributed by atoms with van der Waals surface area (Å²) in [5.74, 6) is 0.614. The van der Waals surface area contributed by atoms with Gasteiger partial charge in [-0.15, -0.1) is 0 Å². The van der Waals surface area contributed by atoms with Crippen molar-refractivity contribution >= 4 is 17.5 Å². The molecule has 110 valence electrons. The van der Waals surface area contributed by atoms with Gasteiger partial charge in [-0.1, -0.05) is 6.92 Å². The highest BCUT2D eigenvalue weighted by atomic mass is 16.5. The van der Waals surface area contributed by atoms with E-state index in [9.17, 15) is 9.59 Å². The molecular formula is C15H22N2O3. The number of benzene rings is 1. The predicted octanol–water partition coefficient (Wildman–Crippen LogP) is 1.96. The van der Waals surface area contributed by atoms with Crippen LogP contribution in [0.1, 0.15) is 26.7 Å². The highest BCUT2D eigenvalue weighted by Crippen LogP contribution is 2.19. The van der Waals surface area contributed by atoms with Crippen molar-refractivity contribution in [2.24, 2.45) is 0 Å². The van der Waals surface area contributed by atoms with E-state index in [4.69, 9.17) is 4.74 Å². The van der Waals surface area contributed by atoms with Crippen molar-refractivity contribution < 1.29 is 14.3 Å². The van der Waals surface area contributed by atoms with Crippen LogP contribution in [0.15, 0.2) is 24.3 Å². The molecule has 0 aliphatic heterocycles. The molecule has 1 rings (SSSR count). The maximum Gasteiger partial charge on any atom is 0.223 e. The fraction of sp³-hybridized carbons (Fsp3) is 0.467. The summed E-state index contributed by atoms with van der Waals surface area (Å²) in [4.78, 5) is 24.9. The zero-order valence-corrected chi connectivity index (χ0v) is 12.3. The fourth-order valence-corrected chi connectivity index (χ4v) is 1.80. The Bertz CT molecular complexity index is 443. The van der Waals surface area contributed by atoms with E-state index in [1.165, 1.54) is 6.92 Å². The highest BCUT2D eigenvalue weighted by Gasteiger charge is 2.13. The quantitative estimate of drug-likeness (QED) is 0.829. The Hall–Kier alpha value is -2.04. The Balaban J connectivity index is 2.64. The molecule has 1 N–H and O–H groups in total. The Labute approximate surface area is 119 Å². The lowest BCUT2D eigenvalue weighted by molar-refractivity contribution is -0.121. The molecule has 1 aromatic rings. The molecule has 0 saturated heterocycles. The summed E-state index contributed by atoms with van der Waals surface area (Å²) >= 11 is 0. The summed E-state index contributed by atoms with van der Waals surface area (Å²) < 4.78 is 5.08. The minimum atomic E-state index is -0.0848. The van der Waals surface area contributed by atoms with Crippen LogP contribution >= 0.6 is 0 Å². The summed E-state index contributed by atoms with van der Waals surface area (Å²) in [6, 6.07) is 7.21. The van der Waals surface area contributed by atoms with Gasteiger partial charge >= 0.3 is 0 Å². The average molecular weight is 278 g/mol. The minimum Gasteiger partial charge on any atom is -0.497 e. The molecule has 20 heavy (non-hydrogen) atoms. The van der Waals surface area contributed by atoms with Crippen molar-refractivity contribution in [2.45, 2.75) is 26.7 Å². The predicted molar refractivity (Wildman–Crippen MR) is 78.9 cm³/mol. The number of methoxy groups -OCH3 is 1. The monoisotopic (exact) mass is 278 g/mol. The van der Waals surface area contributed by atoms with Crippen LogP contribution in [-0.2, 0) is 9.59 Å². The van der Waals surface area contributed by atoms with Crippen LogP contribution in [0.3, 0.4) is 0 Å². The molecule has 0 aliphatic carbocycles. The third-order valence-electron chi connectivity index (χ3n) is 2.90. The Morgan fingerprint density at radius 1 is 1.25 bits per heavy atom. The SMILES string of the molecule is CCCNC(=O)CCN(C(C)=O)c1ccc(OC)cc1. The van der Waals surface area contributed by atoms with Gasteiger partial charge in [-0.2, -0.15) is 0 Å². The third-order valence-corrected chi connectivity index (χ3v) is 2.90. The van der Waals surface area contributed by atoms with Gasteiger partial charge in [0.2, 0.25) is 11.8 Å². The second-order valence-corrected chi connectivity index (χ2v) is 4.47. The van der Waals surface area contributed by atoms with Crippen LogP contribution in [0.25, 0.3) is 0 Å². The lowest BCUT2D eigenvalue weighted by atomic mass is 10.2. The number of carbonyl (C=O) groups excluding carboxylic acids is 2. The van der Waals surface area contributed by atoms with Crippen molar-refractivity contribution in [1.29, 1.82) is 0 Å². The van der Waals surface area contributed by atoms with E-state index >= 15 is 0 Å². The van der Waals surface area contributed by atoms with Gasteiger partial charge in [0.05, 0.1) is 7.11 Å². The molecule has 5 nitrogen and oxygen atoms in total. The van der Waals surface area contributed by atoms with E-state index in [2.05, 4.69) is 5.32 Å². The summed E-state index contributed by atoms with van der Waals surface area (Å²) in [6.07, 6.45) is 1.20. The van der Waals surface area contributed by atoms with Gasteiger partial charge in [0.15, 0.2) is 0 Å². The number of nitrogens with one attached hydrogen (secondary N) is 1. The first-order chi connectivity index (χ1) is 9.58. The summed E-state index contributed by atoms with van der Waals surface area (Å²) in [5, 5.41) is 2.80. The molecular weight excluding hydrogens is 256 g/mol. The topological polar surface area (TPSA) is 58.6 Å². The van der Waals surface area contributed by atoms with Crippen LogP contribution in [0.4, 0.5) is 5.69 Å². The number of amides is 2. The Kier molecular flexibility index (Phi) is 6.56. The van der Waals surface area contributed by atoms with Crippen molar-refractivity contribution in [2.75, 3.05) is 25.1 Å². The molecule has 0 radical (unpaired) electrons. The number of hydrogen-bond donors (Lipinski definition) is 1. The fourth-order valence-electron chi connectivity index (χ4n) is 1.80. The van der Waals surface area contributed by atoms with Gasteiger partial charge in [0.25, 0.3) is 0 Å². The third kappa shape index (κ3) is 4.91. The lowest BCUT2D eigenvalue weighted by Gasteiger charge is -2.21. The van der Waals surface area contributed by atoms with Crippen molar-refractivity contribution in [3.05, 3.63) is 24.3 Å². The van der Waals surface area contributed by atoms with Gasteiger partial charge in [-0.3, -0.25) is 9.59 Å². The number of hydrogen-bond acceptors (Lipinski definition) is 3. The van der Waals surface area contributed by atoms with E-state index < -0.39 is 0 Å². The van der Waals surface area contributed by atoms with Crippen LogP contribution in [0.5, 0.6) is 5.75 Å². The van der Waals surface area contributed by atoms with E-state index in [1.807, 2.05) is 19.1 Å². The number of carbonyl (C=O) groups is 2. The summed E-state index contributed by atoms with van der Waals surface area (Å²) in [5.41, 5.74) is 0.765. The normalized spacial score (nSPS) is 9.95. The molecule has 1 aromatic carbocycles. The van der Waals surface area contributed by atoms with Crippen LogP contribution in [-0.4, -0.2) is 32.0 Å². The number of ether oxygens (including phenoxy) is 1. The van der Waals surface area contributed by atoms with E-state index in [0.29, 0.717) is 19.5 Å². The minimum absolute atomic E-state index is 0.0355. The Morgan fingerprint density at radius 2 is 1.90 bits per heavy atom. The van der Waals surface area contributed by atoms with Crippen molar-refractivity contribution in [1.82, 2.24) is 5.32 Å². The van der Waals surface area contributed by atoms with Gasteiger partial charge < -0.3 is 15.0 Å². The molecule has 5 heteroatoms. The maximum absolute atomic E-state index is 11.7. The molecule has 0 aliphatic rings. The first kappa shape index (κ1) is 16.0. The summed E-state index contributed by atoms with van der Waals surface area (Å²) in [6.45, 7) is 4.53. The first-order valence-corrected chi connectivity index (χ1v) is 6.77. The zero-order valence-electron chi connectivity index (χ0n) is 12.3. The molecule has 0 fully saturated rings. The smallest absolute Gasteiger partial charge is 0.223 e. The van der Waals surface area contributed by atoms with Crippen LogP contribution in [0.2, 0.25) is 0 Å². The van der Waals surface area contributed by atoms with E-state index in [0.717, 1.165) is 17.9 Å². The van der Waals surface area contributed by atoms with Gasteiger partial charge in [-0.25, -0.2) is 0 Å². The van der Waals surface area contributed by atoms with Crippen molar-refractivity contribution in [3.8, 4) is 5.75 Å². The lowest BCUT2D eigenvalue weighted by Crippen LogP contribution is -2.34. The van der Waals surface area contributed by atoms with E-state index in [-0.39, 0.29) is 11.8 Å². The maximum atomic E-state index is 11.7.